The van der Waals surface area contributed by atoms with Crippen LogP contribution in [0.2, 0.25) is 0 Å². The third-order valence-corrected chi connectivity index (χ3v) is 4.34. The second-order valence-electron chi connectivity index (χ2n) is 5.48. The summed E-state index contributed by atoms with van der Waals surface area (Å²) in [6, 6.07) is 9.10. The van der Waals surface area contributed by atoms with Crippen LogP contribution in [0.5, 0.6) is 0 Å². The van der Waals surface area contributed by atoms with Crippen molar-refractivity contribution >= 4 is 17.5 Å². The molecular weight excluding hydrogens is 242 g/mol. The van der Waals surface area contributed by atoms with Crippen molar-refractivity contribution in [3.8, 4) is 0 Å². The molecule has 0 aromatic heterocycles. The van der Waals surface area contributed by atoms with Crippen molar-refractivity contribution in [3.05, 3.63) is 42.5 Å². The molecule has 96 valence electrons. The zero-order valence-corrected chi connectivity index (χ0v) is 10.4. The topological polar surface area (TPSA) is 46.6 Å². The first-order valence-electron chi connectivity index (χ1n) is 6.42. The zero-order chi connectivity index (χ0) is 13.2. The van der Waals surface area contributed by atoms with Crippen LogP contribution in [0.25, 0.3) is 0 Å². The highest BCUT2D eigenvalue weighted by Crippen LogP contribution is 2.52. The maximum absolute atomic E-state index is 12.6. The molecule has 4 nitrogen and oxygen atoms in total. The Bertz CT molecular complexity index is 609. The molecule has 3 heterocycles. The summed E-state index contributed by atoms with van der Waals surface area (Å²) in [4.78, 5) is 26.4. The number of para-hydroxylation sites is 1. The van der Waals surface area contributed by atoms with Crippen molar-refractivity contribution < 1.29 is 14.3 Å². The number of nitrogens with zero attached hydrogens (tertiary/aromatic N) is 1. The van der Waals surface area contributed by atoms with Crippen LogP contribution in [0.4, 0.5) is 5.69 Å². The van der Waals surface area contributed by atoms with Crippen molar-refractivity contribution in [2.45, 2.75) is 18.6 Å². The number of ether oxygens (including phenoxy) is 1. The molecular formula is C15H13NO3. The van der Waals surface area contributed by atoms with Crippen LogP contribution in [-0.2, 0) is 14.3 Å². The molecule has 3 aliphatic heterocycles. The average Bonchev–Trinajstić information content (AvgIpc) is 3.00. The van der Waals surface area contributed by atoms with Crippen LogP contribution in [-0.4, -0.2) is 23.5 Å². The van der Waals surface area contributed by atoms with E-state index in [-0.39, 0.29) is 29.8 Å². The Morgan fingerprint density at radius 2 is 1.89 bits per heavy atom. The molecule has 0 radical (unpaired) electrons. The molecule has 4 rings (SSSR count). The lowest BCUT2D eigenvalue weighted by Crippen LogP contribution is -2.38. The molecule has 0 saturated carbocycles. The van der Waals surface area contributed by atoms with Crippen LogP contribution in [0, 0.1) is 11.8 Å². The van der Waals surface area contributed by atoms with Crippen LogP contribution in [0.3, 0.4) is 0 Å². The maximum atomic E-state index is 12.6. The van der Waals surface area contributed by atoms with E-state index >= 15 is 0 Å². The standard InChI is InChI=1S/C15H13NO3/c1-15-8-7-10(19-15)11-12(15)14(18)16(13(11)17)9-5-3-2-4-6-9/h2-8,10-12H,1H3/t10-,11+,12+,15+/m0/s1. The summed E-state index contributed by atoms with van der Waals surface area (Å²) in [5.41, 5.74) is 0.0286. The molecule has 2 fully saturated rings. The minimum Gasteiger partial charge on any atom is -0.362 e. The van der Waals surface area contributed by atoms with Gasteiger partial charge < -0.3 is 4.74 Å². The molecule has 4 heteroatoms. The van der Waals surface area contributed by atoms with Gasteiger partial charge in [0.15, 0.2) is 0 Å². The van der Waals surface area contributed by atoms with E-state index in [0.717, 1.165) is 0 Å². The molecule has 3 aliphatic rings. The molecule has 19 heavy (non-hydrogen) atoms. The SMILES string of the molecule is C[C@]12C=C[C@H](O1)[C@H]1C(=O)N(c3ccccc3)C(=O)[C@@H]12. The summed E-state index contributed by atoms with van der Waals surface area (Å²) in [6.07, 6.45) is 3.57. The Balaban J connectivity index is 1.80. The number of imide groups is 1. The lowest BCUT2D eigenvalue weighted by molar-refractivity contribution is -0.126. The van der Waals surface area contributed by atoms with Crippen molar-refractivity contribution in [1.82, 2.24) is 0 Å². The molecule has 0 N–H and O–H groups in total. The predicted molar refractivity (Wildman–Crippen MR) is 68.3 cm³/mol. The zero-order valence-electron chi connectivity index (χ0n) is 10.4. The van der Waals surface area contributed by atoms with Crippen molar-refractivity contribution in [2.24, 2.45) is 11.8 Å². The van der Waals surface area contributed by atoms with E-state index in [1.54, 1.807) is 12.1 Å². The number of carbonyl (C=O) groups excluding carboxylic acids is 2. The smallest absolute Gasteiger partial charge is 0.241 e. The van der Waals surface area contributed by atoms with E-state index in [0.29, 0.717) is 5.69 Å². The number of rotatable bonds is 1. The lowest BCUT2D eigenvalue weighted by atomic mass is 9.78. The molecule has 1 aromatic rings. The van der Waals surface area contributed by atoms with Crippen molar-refractivity contribution in [1.29, 1.82) is 0 Å². The Morgan fingerprint density at radius 1 is 1.16 bits per heavy atom. The number of benzene rings is 1. The molecule has 0 aliphatic carbocycles. The lowest BCUT2D eigenvalue weighted by Gasteiger charge is -2.24. The monoisotopic (exact) mass is 255 g/mol. The molecule has 2 amide bonds. The Hall–Kier alpha value is -1.94. The fraction of sp³-hybridized carbons (Fsp3) is 0.333. The minimum absolute atomic E-state index is 0.140. The Labute approximate surface area is 110 Å². The summed E-state index contributed by atoms with van der Waals surface area (Å²) in [7, 11) is 0. The van der Waals surface area contributed by atoms with E-state index in [4.69, 9.17) is 4.74 Å². The molecule has 1 aromatic carbocycles. The molecule has 2 bridgehead atoms. The quantitative estimate of drug-likeness (QED) is 0.564. The van der Waals surface area contributed by atoms with Gasteiger partial charge in [-0.1, -0.05) is 30.4 Å². The number of anilines is 1. The third-order valence-electron chi connectivity index (χ3n) is 4.34. The first kappa shape index (κ1) is 10.9. The largest absolute Gasteiger partial charge is 0.362 e. The highest BCUT2D eigenvalue weighted by molar-refractivity contribution is 6.23. The maximum Gasteiger partial charge on any atom is 0.241 e. The Kier molecular flexibility index (Phi) is 1.92. The van der Waals surface area contributed by atoms with Gasteiger partial charge in [0.05, 0.1) is 29.2 Å². The minimum atomic E-state index is -0.619. The normalized spacial score (nSPS) is 39.2. The Morgan fingerprint density at radius 3 is 2.58 bits per heavy atom. The molecule has 2 saturated heterocycles. The number of hydrogen-bond acceptors (Lipinski definition) is 3. The summed E-state index contributed by atoms with van der Waals surface area (Å²) < 4.78 is 5.77. The van der Waals surface area contributed by atoms with Crippen molar-refractivity contribution in [3.63, 3.8) is 0 Å². The first-order chi connectivity index (χ1) is 9.12. The van der Waals surface area contributed by atoms with Gasteiger partial charge in [-0.15, -0.1) is 0 Å². The van der Waals surface area contributed by atoms with E-state index < -0.39 is 5.60 Å². The number of carbonyl (C=O) groups is 2. The van der Waals surface area contributed by atoms with Gasteiger partial charge in [0.1, 0.15) is 0 Å². The van der Waals surface area contributed by atoms with E-state index in [1.165, 1.54) is 4.90 Å². The number of fused-ring (bicyclic) bond motifs is 5. The predicted octanol–water partition coefficient (Wildman–Crippen LogP) is 1.52. The van der Waals surface area contributed by atoms with Crippen LogP contribution in [0.1, 0.15) is 6.92 Å². The van der Waals surface area contributed by atoms with Gasteiger partial charge in [0, 0.05) is 0 Å². The molecule has 0 unspecified atom stereocenters. The molecule has 0 spiro atoms. The average molecular weight is 255 g/mol. The van der Waals surface area contributed by atoms with Crippen LogP contribution < -0.4 is 4.90 Å². The third kappa shape index (κ3) is 1.22. The van der Waals surface area contributed by atoms with Gasteiger partial charge in [0.25, 0.3) is 0 Å². The second-order valence-corrected chi connectivity index (χ2v) is 5.48. The fourth-order valence-corrected chi connectivity index (χ4v) is 3.48. The van der Waals surface area contributed by atoms with Gasteiger partial charge in [-0.2, -0.15) is 0 Å². The summed E-state index contributed by atoms with van der Waals surface area (Å²) in [5, 5.41) is 0. The number of amides is 2. The van der Waals surface area contributed by atoms with Crippen LogP contribution in [0.15, 0.2) is 42.5 Å². The second kappa shape index (κ2) is 3.33. The van der Waals surface area contributed by atoms with E-state index in [2.05, 4.69) is 0 Å². The van der Waals surface area contributed by atoms with Crippen LogP contribution >= 0.6 is 0 Å². The fourth-order valence-electron chi connectivity index (χ4n) is 3.48. The van der Waals surface area contributed by atoms with Gasteiger partial charge in [-0.3, -0.25) is 9.59 Å². The highest BCUT2D eigenvalue weighted by atomic mass is 16.5. The number of hydrogen-bond donors (Lipinski definition) is 0. The van der Waals surface area contributed by atoms with E-state index in [1.807, 2.05) is 37.3 Å². The van der Waals surface area contributed by atoms with Crippen molar-refractivity contribution in [2.75, 3.05) is 4.90 Å². The summed E-state index contributed by atoms with van der Waals surface area (Å²) in [5.74, 6) is -1.02. The van der Waals surface area contributed by atoms with Gasteiger partial charge in [-0.25, -0.2) is 4.90 Å². The molecule has 4 atom stereocenters. The van der Waals surface area contributed by atoms with E-state index in [9.17, 15) is 9.59 Å². The van der Waals surface area contributed by atoms with Gasteiger partial charge in [0.2, 0.25) is 11.8 Å². The summed E-state index contributed by atoms with van der Waals surface area (Å²) >= 11 is 0. The van der Waals surface area contributed by atoms with Gasteiger partial charge >= 0.3 is 0 Å². The van der Waals surface area contributed by atoms with Gasteiger partial charge in [-0.05, 0) is 19.1 Å². The summed E-state index contributed by atoms with van der Waals surface area (Å²) in [6.45, 7) is 1.88. The first-order valence-corrected chi connectivity index (χ1v) is 6.42. The highest BCUT2D eigenvalue weighted by Gasteiger charge is 2.65.